The maximum atomic E-state index is 10.6. The molecule has 1 aromatic carbocycles. The molecule has 0 aliphatic rings. The molecular weight excluding hydrogens is 196 g/mol. The zero-order chi connectivity index (χ0) is 11.4. The van der Waals surface area contributed by atoms with Crippen LogP contribution < -0.4 is 5.73 Å². The average Bonchev–Trinajstić information content (AvgIpc) is 2.20. The van der Waals surface area contributed by atoms with Crippen LogP contribution in [-0.4, -0.2) is 16.2 Å². The number of nitrogens with zero attached hydrogens (tertiary/aromatic N) is 1. The summed E-state index contributed by atoms with van der Waals surface area (Å²) in [5.41, 5.74) is 6.11. The Bertz CT molecular complexity index is 423. The van der Waals surface area contributed by atoms with Crippen molar-refractivity contribution in [2.75, 3.05) is 0 Å². The predicted octanol–water partition coefficient (Wildman–Crippen LogP) is 0.543. The molecule has 0 fully saturated rings. The molecule has 4 N–H and O–H groups in total. The summed E-state index contributed by atoms with van der Waals surface area (Å²) >= 11 is 0. The van der Waals surface area contributed by atoms with Crippen LogP contribution in [0.15, 0.2) is 18.2 Å². The summed E-state index contributed by atoms with van der Waals surface area (Å²) in [6.07, 6.45) is 0.152. The predicted molar refractivity (Wildman–Crippen MR) is 52.0 cm³/mol. The van der Waals surface area contributed by atoms with Crippen molar-refractivity contribution >= 4 is 5.97 Å². The summed E-state index contributed by atoms with van der Waals surface area (Å²) in [4.78, 5) is 10.6. The molecule has 0 amide bonds. The van der Waals surface area contributed by atoms with Crippen molar-refractivity contribution in [1.29, 1.82) is 5.26 Å². The van der Waals surface area contributed by atoms with Gasteiger partial charge in [-0.3, -0.25) is 4.79 Å². The van der Waals surface area contributed by atoms with Gasteiger partial charge in [-0.15, -0.1) is 0 Å². The lowest BCUT2D eigenvalue weighted by Crippen LogP contribution is -2.20. The van der Waals surface area contributed by atoms with Gasteiger partial charge in [0.05, 0.1) is 12.5 Å². The van der Waals surface area contributed by atoms with Crippen LogP contribution in [0.25, 0.3) is 0 Å². The molecule has 78 valence electrons. The molecule has 1 aromatic rings. The maximum Gasteiger partial charge on any atom is 0.325 e. The van der Waals surface area contributed by atoms with Gasteiger partial charge in [0, 0.05) is 5.56 Å². The molecule has 0 saturated heterocycles. The Kier molecular flexibility index (Phi) is 3.26. The number of nitrogens with two attached hydrogens (primary N) is 1. The van der Waals surface area contributed by atoms with Gasteiger partial charge >= 0.3 is 5.97 Å². The van der Waals surface area contributed by atoms with Gasteiger partial charge < -0.3 is 15.9 Å². The molecule has 0 bridgehead atoms. The minimum Gasteiger partial charge on any atom is -0.508 e. The Morgan fingerprint density at radius 2 is 2.27 bits per heavy atom. The maximum absolute atomic E-state index is 10.6. The molecule has 1 atom stereocenters. The third-order valence-electron chi connectivity index (χ3n) is 1.98. The van der Waals surface area contributed by atoms with Crippen LogP contribution in [0.4, 0.5) is 0 Å². The Labute approximate surface area is 86.4 Å². The second-order valence-electron chi connectivity index (χ2n) is 3.04. The molecular formula is C10H10N2O3. The van der Waals surface area contributed by atoms with Crippen molar-refractivity contribution in [3.8, 4) is 11.8 Å². The lowest BCUT2D eigenvalue weighted by atomic mass is 10.0. The topological polar surface area (TPSA) is 107 Å². The van der Waals surface area contributed by atoms with Crippen molar-refractivity contribution in [2.45, 2.75) is 12.5 Å². The SMILES string of the molecule is N#CCc1ccc(O)c([C@H](N)C(=O)O)c1. The molecule has 0 saturated carbocycles. The number of hydrogen-bond donors (Lipinski definition) is 3. The smallest absolute Gasteiger partial charge is 0.325 e. The highest BCUT2D eigenvalue weighted by Gasteiger charge is 2.18. The van der Waals surface area contributed by atoms with E-state index in [0.29, 0.717) is 5.56 Å². The Morgan fingerprint density at radius 1 is 1.60 bits per heavy atom. The molecule has 0 spiro atoms. The van der Waals surface area contributed by atoms with Crippen LogP contribution in [0.3, 0.4) is 0 Å². The number of hydrogen-bond acceptors (Lipinski definition) is 4. The molecule has 1 rings (SSSR count). The molecule has 5 nitrogen and oxygen atoms in total. The van der Waals surface area contributed by atoms with Gasteiger partial charge in [-0.05, 0) is 17.7 Å². The van der Waals surface area contributed by atoms with Crippen LogP contribution in [0, 0.1) is 11.3 Å². The Morgan fingerprint density at radius 3 is 2.80 bits per heavy atom. The van der Waals surface area contributed by atoms with Gasteiger partial charge in [-0.1, -0.05) is 6.07 Å². The normalized spacial score (nSPS) is 11.7. The number of phenolic OH excluding ortho intramolecular Hbond substituents is 1. The van der Waals surface area contributed by atoms with Crippen LogP contribution in [0.5, 0.6) is 5.75 Å². The molecule has 0 heterocycles. The lowest BCUT2D eigenvalue weighted by molar-refractivity contribution is -0.138. The minimum atomic E-state index is -1.27. The van der Waals surface area contributed by atoms with Gasteiger partial charge in [0.1, 0.15) is 11.8 Å². The number of aliphatic carboxylic acids is 1. The number of rotatable bonds is 3. The highest BCUT2D eigenvalue weighted by atomic mass is 16.4. The molecule has 0 aromatic heterocycles. The minimum absolute atomic E-state index is 0.121. The zero-order valence-electron chi connectivity index (χ0n) is 7.84. The number of carbonyl (C=O) groups is 1. The molecule has 0 radical (unpaired) electrons. The zero-order valence-corrected chi connectivity index (χ0v) is 7.84. The van der Waals surface area contributed by atoms with E-state index in [-0.39, 0.29) is 17.7 Å². The van der Waals surface area contributed by atoms with E-state index in [1.54, 1.807) is 6.07 Å². The van der Waals surface area contributed by atoms with E-state index < -0.39 is 12.0 Å². The summed E-state index contributed by atoms with van der Waals surface area (Å²) in [6.45, 7) is 0. The summed E-state index contributed by atoms with van der Waals surface area (Å²) in [5, 5.41) is 26.5. The van der Waals surface area contributed by atoms with Crippen molar-refractivity contribution < 1.29 is 15.0 Å². The number of phenols is 1. The van der Waals surface area contributed by atoms with Crippen molar-refractivity contribution in [1.82, 2.24) is 0 Å². The molecule has 0 aliphatic carbocycles. The number of aromatic hydroxyl groups is 1. The first-order valence-electron chi connectivity index (χ1n) is 4.23. The summed E-state index contributed by atoms with van der Waals surface area (Å²) in [6, 6.07) is 4.97. The lowest BCUT2D eigenvalue weighted by Gasteiger charge is -2.09. The average molecular weight is 206 g/mol. The van der Waals surface area contributed by atoms with E-state index in [1.807, 2.05) is 6.07 Å². The van der Waals surface area contributed by atoms with Crippen LogP contribution in [0.2, 0.25) is 0 Å². The Hall–Kier alpha value is -2.06. The summed E-state index contributed by atoms with van der Waals surface area (Å²) < 4.78 is 0. The van der Waals surface area contributed by atoms with Crippen molar-refractivity contribution in [3.63, 3.8) is 0 Å². The van der Waals surface area contributed by atoms with Gasteiger partial charge in [-0.25, -0.2) is 0 Å². The monoisotopic (exact) mass is 206 g/mol. The van der Waals surface area contributed by atoms with E-state index >= 15 is 0 Å². The largest absolute Gasteiger partial charge is 0.508 e. The quantitative estimate of drug-likeness (QED) is 0.669. The highest BCUT2D eigenvalue weighted by molar-refractivity contribution is 5.76. The van der Waals surface area contributed by atoms with E-state index in [1.165, 1.54) is 12.1 Å². The number of benzene rings is 1. The number of carboxylic acids is 1. The number of carboxylic acid groups (broad SMARTS) is 1. The Balaban J connectivity index is 3.11. The van der Waals surface area contributed by atoms with Gasteiger partial charge in [0.2, 0.25) is 0 Å². The standard InChI is InChI=1S/C10H10N2O3/c11-4-3-6-1-2-8(13)7(5-6)9(12)10(14)15/h1-2,5,9,13H,3,12H2,(H,14,15)/t9-/m0/s1. The summed E-state index contributed by atoms with van der Waals surface area (Å²) in [7, 11) is 0. The van der Waals surface area contributed by atoms with E-state index in [0.717, 1.165) is 0 Å². The van der Waals surface area contributed by atoms with E-state index in [9.17, 15) is 9.90 Å². The first kappa shape index (κ1) is 11.0. The molecule has 0 unspecified atom stereocenters. The fraction of sp³-hybridized carbons (Fsp3) is 0.200. The van der Waals surface area contributed by atoms with E-state index in [4.69, 9.17) is 16.1 Å². The van der Waals surface area contributed by atoms with Crippen LogP contribution >= 0.6 is 0 Å². The third-order valence-corrected chi connectivity index (χ3v) is 1.98. The third kappa shape index (κ3) is 2.45. The van der Waals surface area contributed by atoms with E-state index in [2.05, 4.69) is 0 Å². The second-order valence-corrected chi connectivity index (χ2v) is 3.04. The first-order chi connectivity index (χ1) is 7.06. The van der Waals surface area contributed by atoms with Crippen LogP contribution in [-0.2, 0) is 11.2 Å². The fourth-order valence-corrected chi connectivity index (χ4v) is 1.19. The molecule has 0 aliphatic heterocycles. The number of nitriles is 1. The summed E-state index contributed by atoms with van der Waals surface area (Å²) in [5.74, 6) is -1.40. The van der Waals surface area contributed by atoms with Gasteiger partial charge in [-0.2, -0.15) is 5.26 Å². The second kappa shape index (κ2) is 4.44. The molecule has 5 heteroatoms. The van der Waals surface area contributed by atoms with Gasteiger partial charge in [0.25, 0.3) is 0 Å². The van der Waals surface area contributed by atoms with Gasteiger partial charge in [0.15, 0.2) is 0 Å². The highest BCUT2D eigenvalue weighted by Crippen LogP contribution is 2.24. The van der Waals surface area contributed by atoms with Crippen LogP contribution in [0.1, 0.15) is 17.2 Å². The van der Waals surface area contributed by atoms with Crippen molar-refractivity contribution in [2.24, 2.45) is 5.73 Å². The fourth-order valence-electron chi connectivity index (χ4n) is 1.19. The first-order valence-corrected chi connectivity index (χ1v) is 4.23. The van der Waals surface area contributed by atoms with Crippen molar-refractivity contribution in [3.05, 3.63) is 29.3 Å². The molecule has 15 heavy (non-hydrogen) atoms.